The molecule has 0 atom stereocenters. The molecule has 0 radical (unpaired) electrons. The van der Waals surface area contributed by atoms with Crippen molar-refractivity contribution >= 4 is 48.2 Å². The molecule has 0 fully saturated rings. The standard InChI is InChI=1S/C27H26F3N5O5S2/c1-18-7-11-20(12-8-18)41(37,38)34(16-25(31)33-36)26-23-6-4-3-5-22(23)24(15-32-26)35(17-27(28,29)30)42(39,40)21-13-9-19(2)10-14-21/h3-15,36H,16-17H2,1-2H3,(H2,31,33). The molecule has 0 amide bonds. The van der Waals surface area contributed by atoms with E-state index in [4.69, 9.17) is 5.73 Å². The third-order valence-electron chi connectivity index (χ3n) is 6.23. The number of benzene rings is 3. The van der Waals surface area contributed by atoms with E-state index >= 15 is 0 Å². The molecule has 222 valence electrons. The molecule has 0 bridgehead atoms. The molecule has 3 aromatic carbocycles. The van der Waals surface area contributed by atoms with Crippen LogP contribution in [0.15, 0.2) is 93.9 Å². The van der Waals surface area contributed by atoms with E-state index in [1.165, 1.54) is 60.7 Å². The summed E-state index contributed by atoms with van der Waals surface area (Å²) >= 11 is 0. The van der Waals surface area contributed by atoms with Gasteiger partial charge >= 0.3 is 6.18 Å². The van der Waals surface area contributed by atoms with Crippen LogP contribution in [0.5, 0.6) is 0 Å². The molecule has 3 N–H and O–H groups in total. The molecule has 0 unspecified atom stereocenters. The summed E-state index contributed by atoms with van der Waals surface area (Å²) < 4.78 is 97.0. The summed E-state index contributed by atoms with van der Waals surface area (Å²) in [5.74, 6) is -0.775. The fourth-order valence-electron chi connectivity index (χ4n) is 4.15. The maximum Gasteiger partial charge on any atom is 0.407 e. The number of amidine groups is 1. The van der Waals surface area contributed by atoms with Crippen LogP contribution in [0.3, 0.4) is 0 Å². The number of sulfonamides is 2. The molecule has 0 aliphatic rings. The number of aromatic nitrogens is 1. The molecule has 1 aromatic heterocycles. The first-order valence-electron chi connectivity index (χ1n) is 12.2. The number of pyridine rings is 1. The monoisotopic (exact) mass is 621 g/mol. The Morgan fingerprint density at radius 2 is 1.31 bits per heavy atom. The molecule has 42 heavy (non-hydrogen) atoms. The van der Waals surface area contributed by atoms with E-state index in [1.807, 2.05) is 0 Å². The molecule has 4 aromatic rings. The first-order chi connectivity index (χ1) is 19.6. The number of nitrogens with two attached hydrogens (primary N) is 1. The molecule has 10 nitrogen and oxygen atoms in total. The normalized spacial score (nSPS) is 12.8. The van der Waals surface area contributed by atoms with Crippen LogP contribution in [0, 0.1) is 13.8 Å². The highest BCUT2D eigenvalue weighted by molar-refractivity contribution is 7.93. The second-order valence-corrected chi connectivity index (χ2v) is 13.1. The van der Waals surface area contributed by atoms with Crippen molar-refractivity contribution in [1.29, 1.82) is 0 Å². The zero-order valence-electron chi connectivity index (χ0n) is 22.3. The number of hydrogen-bond donors (Lipinski definition) is 2. The Morgan fingerprint density at radius 1 is 0.833 bits per heavy atom. The smallest absolute Gasteiger partial charge is 0.407 e. The number of hydrogen-bond acceptors (Lipinski definition) is 7. The van der Waals surface area contributed by atoms with Crippen molar-refractivity contribution in [3.05, 3.63) is 90.1 Å². The Hall–Kier alpha value is -4.37. The third kappa shape index (κ3) is 6.26. The van der Waals surface area contributed by atoms with E-state index in [2.05, 4.69) is 10.1 Å². The molecule has 1 heterocycles. The Bertz CT molecular complexity index is 1850. The third-order valence-corrected chi connectivity index (χ3v) is 9.76. The number of halogens is 3. The predicted octanol–water partition coefficient (Wildman–Crippen LogP) is 4.55. The van der Waals surface area contributed by atoms with Gasteiger partial charge in [0, 0.05) is 10.8 Å². The lowest BCUT2D eigenvalue weighted by atomic mass is 10.1. The van der Waals surface area contributed by atoms with Crippen LogP contribution in [-0.2, 0) is 20.0 Å². The number of alkyl halides is 3. The fourth-order valence-corrected chi connectivity index (χ4v) is 7.02. The Kier molecular flexibility index (Phi) is 8.36. The van der Waals surface area contributed by atoms with Crippen LogP contribution in [0.1, 0.15) is 11.1 Å². The largest absolute Gasteiger partial charge is 0.409 e. The molecule has 0 aliphatic heterocycles. The van der Waals surface area contributed by atoms with Gasteiger partial charge in [-0.1, -0.05) is 64.8 Å². The Labute approximate surface area is 240 Å². The highest BCUT2D eigenvalue weighted by Gasteiger charge is 2.39. The molecule has 0 saturated heterocycles. The van der Waals surface area contributed by atoms with E-state index < -0.39 is 50.8 Å². The minimum Gasteiger partial charge on any atom is -0.409 e. The number of nitrogens with zero attached hydrogens (tertiary/aromatic N) is 4. The summed E-state index contributed by atoms with van der Waals surface area (Å²) in [4.78, 5) is 3.63. The maximum atomic E-state index is 13.8. The van der Waals surface area contributed by atoms with Crippen LogP contribution < -0.4 is 14.3 Å². The minimum absolute atomic E-state index is 0.00251. The van der Waals surface area contributed by atoms with E-state index in [0.717, 1.165) is 16.1 Å². The molecular formula is C27H26F3N5O5S2. The van der Waals surface area contributed by atoms with Gasteiger partial charge in [0.2, 0.25) is 0 Å². The molecule has 0 aliphatic carbocycles. The molecule has 0 spiro atoms. The summed E-state index contributed by atoms with van der Waals surface area (Å²) in [5.41, 5.74) is 6.74. The Balaban J connectivity index is 1.97. The average Bonchev–Trinajstić information content (AvgIpc) is 2.94. The number of aryl methyl sites for hydroxylation is 2. The summed E-state index contributed by atoms with van der Waals surface area (Å²) in [6.07, 6.45) is -4.08. The number of anilines is 2. The van der Waals surface area contributed by atoms with Gasteiger partial charge in [0.15, 0.2) is 11.7 Å². The van der Waals surface area contributed by atoms with Gasteiger partial charge < -0.3 is 10.9 Å². The minimum atomic E-state index is -4.94. The topological polar surface area (TPSA) is 146 Å². The van der Waals surface area contributed by atoms with Gasteiger partial charge in [-0.25, -0.2) is 26.1 Å². The van der Waals surface area contributed by atoms with Gasteiger partial charge in [-0.3, -0.25) is 4.31 Å². The highest BCUT2D eigenvalue weighted by Crippen LogP contribution is 2.38. The fraction of sp³-hybridized carbons (Fsp3) is 0.185. The quantitative estimate of drug-likeness (QED) is 0.121. The van der Waals surface area contributed by atoms with Crippen LogP contribution in [0.25, 0.3) is 10.8 Å². The first kappa shape index (κ1) is 30.6. The predicted molar refractivity (Wildman–Crippen MR) is 153 cm³/mol. The van der Waals surface area contributed by atoms with Crippen LogP contribution in [0.2, 0.25) is 0 Å². The Morgan fingerprint density at radius 3 is 1.79 bits per heavy atom. The number of fused-ring (bicyclic) bond motifs is 1. The molecule has 15 heteroatoms. The zero-order chi connectivity index (χ0) is 30.9. The summed E-state index contributed by atoms with van der Waals surface area (Å²) in [6, 6.07) is 16.8. The van der Waals surface area contributed by atoms with Gasteiger partial charge in [0.05, 0.1) is 28.2 Å². The first-order valence-corrected chi connectivity index (χ1v) is 15.1. The van der Waals surface area contributed by atoms with Crippen LogP contribution in [0.4, 0.5) is 24.7 Å². The van der Waals surface area contributed by atoms with Crippen molar-refractivity contribution in [3.8, 4) is 0 Å². The van der Waals surface area contributed by atoms with Gasteiger partial charge in [0.25, 0.3) is 20.0 Å². The van der Waals surface area contributed by atoms with E-state index in [1.54, 1.807) is 26.0 Å². The zero-order valence-corrected chi connectivity index (χ0v) is 23.9. The highest BCUT2D eigenvalue weighted by atomic mass is 32.2. The van der Waals surface area contributed by atoms with Crippen molar-refractivity contribution in [1.82, 2.24) is 4.98 Å². The summed E-state index contributed by atoms with van der Waals surface area (Å²) in [5, 5.41) is 12.0. The second-order valence-electron chi connectivity index (χ2n) is 9.37. The van der Waals surface area contributed by atoms with E-state index in [0.29, 0.717) is 5.56 Å². The lowest BCUT2D eigenvalue weighted by molar-refractivity contribution is -0.117. The van der Waals surface area contributed by atoms with Crippen molar-refractivity contribution in [2.75, 3.05) is 21.7 Å². The van der Waals surface area contributed by atoms with Crippen molar-refractivity contribution in [2.24, 2.45) is 10.9 Å². The molecule has 4 rings (SSSR count). The molecule has 0 saturated carbocycles. The summed E-state index contributed by atoms with van der Waals surface area (Å²) in [7, 11) is -9.18. The van der Waals surface area contributed by atoms with Gasteiger partial charge in [-0.2, -0.15) is 13.2 Å². The van der Waals surface area contributed by atoms with E-state index in [9.17, 15) is 35.2 Å². The van der Waals surface area contributed by atoms with Crippen molar-refractivity contribution in [2.45, 2.75) is 29.8 Å². The number of oxime groups is 1. The van der Waals surface area contributed by atoms with Crippen molar-refractivity contribution < 1.29 is 35.2 Å². The maximum absolute atomic E-state index is 13.8. The molecular weight excluding hydrogens is 595 g/mol. The van der Waals surface area contributed by atoms with Gasteiger partial charge in [-0.05, 0) is 38.1 Å². The number of rotatable bonds is 9. The van der Waals surface area contributed by atoms with E-state index in [-0.39, 0.29) is 30.7 Å². The van der Waals surface area contributed by atoms with Crippen LogP contribution >= 0.6 is 0 Å². The average molecular weight is 622 g/mol. The van der Waals surface area contributed by atoms with Gasteiger partial charge in [-0.15, -0.1) is 0 Å². The van der Waals surface area contributed by atoms with Gasteiger partial charge in [0.1, 0.15) is 6.54 Å². The lowest BCUT2D eigenvalue weighted by Crippen LogP contribution is -2.40. The summed E-state index contributed by atoms with van der Waals surface area (Å²) in [6.45, 7) is 0.918. The second kappa shape index (κ2) is 11.5. The van der Waals surface area contributed by atoms with Crippen LogP contribution in [-0.4, -0.2) is 52.1 Å². The lowest BCUT2D eigenvalue weighted by Gasteiger charge is -2.29. The van der Waals surface area contributed by atoms with Crippen molar-refractivity contribution in [3.63, 3.8) is 0 Å². The SMILES string of the molecule is Cc1ccc(S(=O)(=O)N(CC(F)(F)F)c2cnc(N(C/C(N)=N/O)S(=O)(=O)c3ccc(C)cc3)c3ccccc23)cc1.